The first-order chi connectivity index (χ1) is 15.2. The Kier molecular flexibility index (Phi) is 4.02. The number of carbonyl (C=O) groups is 1. The van der Waals surface area contributed by atoms with E-state index in [9.17, 15) is 4.79 Å². The number of pyridine rings is 3. The molecule has 0 aromatic carbocycles. The summed E-state index contributed by atoms with van der Waals surface area (Å²) in [5.41, 5.74) is 6.46. The van der Waals surface area contributed by atoms with Crippen molar-refractivity contribution in [3.05, 3.63) is 55.1 Å². The molecule has 1 aliphatic rings. The van der Waals surface area contributed by atoms with Crippen molar-refractivity contribution in [3.63, 3.8) is 0 Å². The number of nitrogens with one attached hydrogen (secondary N) is 3. The molecule has 5 heterocycles. The molecule has 0 unspecified atom stereocenters. The van der Waals surface area contributed by atoms with Gasteiger partial charge >= 0.3 is 0 Å². The minimum absolute atomic E-state index is 0.0685. The minimum atomic E-state index is 0.0685. The van der Waals surface area contributed by atoms with Gasteiger partial charge in [-0.2, -0.15) is 5.10 Å². The molecule has 0 aliphatic heterocycles. The van der Waals surface area contributed by atoms with Crippen LogP contribution in [0.3, 0.4) is 0 Å². The molecule has 1 aliphatic carbocycles. The lowest BCUT2D eigenvalue weighted by Crippen LogP contribution is -2.28. The standard InChI is InChI=1S/C23H19N7O/c31-23(13-2-1-3-13)26-16-8-15(10-25-11-16)17-4-5-18-21(28-17)22(30-29-18)19-9-14-6-7-24-12-20(14)27-19/h4-13,27H,1-3H2,(H,26,31)(H,29,30). The van der Waals surface area contributed by atoms with Gasteiger partial charge in [-0.05, 0) is 43.2 Å². The summed E-state index contributed by atoms with van der Waals surface area (Å²) < 4.78 is 0. The molecule has 31 heavy (non-hydrogen) atoms. The second-order valence-corrected chi connectivity index (χ2v) is 7.89. The van der Waals surface area contributed by atoms with Crippen molar-refractivity contribution in [2.45, 2.75) is 19.3 Å². The van der Waals surface area contributed by atoms with Crippen LogP contribution >= 0.6 is 0 Å². The Hall–Kier alpha value is -4.07. The molecule has 1 saturated carbocycles. The second-order valence-electron chi connectivity index (χ2n) is 7.89. The maximum Gasteiger partial charge on any atom is 0.227 e. The first-order valence-corrected chi connectivity index (χ1v) is 10.3. The summed E-state index contributed by atoms with van der Waals surface area (Å²) >= 11 is 0. The number of nitrogens with zero attached hydrogens (tertiary/aromatic N) is 4. The van der Waals surface area contributed by atoms with Crippen LogP contribution in [0.25, 0.3) is 44.6 Å². The molecule has 1 fully saturated rings. The van der Waals surface area contributed by atoms with Crippen LogP contribution in [-0.4, -0.2) is 36.0 Å². The molecule has 0 bridgehead atoms. The van der Waals surface area contributed by atoms with Gasteiger partial charge in [-0.3, -0.25) is 19.9 Å². The maximum absolute atomic E-state index is 12.3. The molecule has 5 aromatic heterocycles. The molecule has 8 nitrogen and oxygen atoms in total. The molecule has 8 heteroatoms. The number of carbonyl (C=O) groups excluding carboxylic acids is 1. The molecule has 0 radical (unpaired) electrons. The van der Waals surface area contributed by atoms with E-state index in [1.54, 1.807) is 24.8 Å². The number of anilines is 1. The molecule has 3 N–H and O–H groups in total. The monoisotopic (exact) mass is 409 g/mol. The van der Waals surface area contributed by atoms with Gasteiger partial charge in [0.1, 0.15) is 11.2 Å². The first kappa shape index (κ1) is 17.8. The second kappa shape index (κ2) is 7.02. The fraction of sp³-hybridized carbons (Fsp3) is 0.174. The first-order valence-electron chi connectivity index (χ1n) is 10.3. The third-order valence-electron chi connectivity index (χ3n) is 5.86. The molecule has 0 spiro atoms. The summed E-state index contributed by atoms with van der Waals surface area (Å²) in [4.78, 5) is 29.0. The van der Waals surface area contributed by atoms with Crippen LogP contribution < -0.4 is 5.32 Å². The van der Waals surface area contributed by atoms with Gasteiger partial charge in [-0.15, -0.1) is 0 Å². The lowest BCUT2D eigenvalue weighted by molar-refractivity contribution is -0.122. The fourth-order valence-corrected chi connectivity index (χ4v) is 3.91. The van der Waals surface area contributed by atoms with E-state index in [-0.39, 0.29) is 11.8 Å². The summed E-state index contributed by atoms with van der Waals surface area (Å²) in [5.74, 6) is 0.192. The molecule has 0 saturated heterocycles. The number of hydrogen-bond donors (Lipinski definition) is 3. The average Bonchev–Trinajstić information content (AvgIpc) is 3.36. The van der Waals surface area contributed by atoms with Crippen molar-refractivity contribution in [1.29, 1.82) is 0 Å². The van der Waals surface area contributed by atoms with E-state index in [2.05, 4.69) is 30.5 Å². The van der Waals surface area contributed by atoms with Crippen LogP contribution in [0.5, 0.6) is 0 Å². The molecular weight excluding hydrogens is 390 g/mol. The van der Waals surface area contributed by atoms with Gasteiger partial charge in [-0.25, -0.2) is 4.98 Å². The zero-order valence-electron chi connectivity index (χ0n) is 16.6. The lowest BCUT2D eigenvalue weighted by Gasteiger charge is -2.24. The number of fused-ring (bicyclic) bond motifs is 2. The molecule has 6 rings (SSSR count). The highest BCUT2D eigenvalue weighted by atomic mass is 16.1. The summed E-state index contributed by atoms with van der Waals surface area (Å²) in [7, 11) is 0. The number of hydrogen-bond acceptors (Lipinski definition) is 5. The highest BCUT2D eigenvalue weighted by molar-refractivity contribution is 5.95. The molecule has 1 amide bonds. The number of rotatable bonds is 4. The number of aromatic amines is 2. The summed E-state index contributed by atoms with van der Waals surface area (Å²) in [5, 5.41) is 11.6. The molecular formula is C23H19N7O. The van der Waals surface area contributed by atoms with E-state index in [4.69, 9.17) is 4.98 Å². The zero-order chi connectivity index (χ0) is 20.8. The fourth-order valence-electron chi connectivity index (χ4n) is 3.91. The van der Waals surface area contributed by atoms with E-state index >= 15 is 0 Å². The van der Waals surface area contributed by atoms with Gasteiger partial charge in [0.05, 0.1) is 40.5 Å². The minimum Gasteiger partial charge on any atom is -0.352 e. The third kappa shape index (κ3) is 3.13. The quantitative estimate of drug-likeness (QED) is 0.410. The molecule has 152 valence electrons. The predicted molar refractivity (Wildman–Crippen MR) is 118 cm³/mol. The maximum atomic E-state index is 12.3. The molecule has 5 aromatic rings. The summed E-state index contributed by atoms with van der Waals surface area (Å²) in [6, 6.07) is 9.79. The van der Waals surface area contributed by atoms with Gasteiger partial charge < -0.3 is 10.3 Å². The summed E-state index contributed by atoms with van der Waals surface area (Å²) in [6.45, 7) is 0. The largest absolute Gasteiger partial charge is 0.352 e. The number of amides is 1. The van der Waals surface area contributed by atoms with Gasteiger partial charge in [0.15, 0.2) is 0 Å². The summed E-state index contributed by atoms with van der Waals surface area (Å²) in [6.07, 6.45) is 10.0. The van der Waals surface area contributed by atoms with Crippen molar-refractivity contribution < 1.29 is 4.79 Å². The smallest absolute Gasteiger partial charge is 0.227 e. The van der Waals surface area contributed by atoms with Gasteiger partial charge in [0, 0.05) is 29.3 Å². The highest BCUT2D eigenvalue weighted by Gasteiger charge is 2.25. The van der Waals surface area contributed by atoms with Gasteiger partial charge in [-0.1, -0.05) is 6.42 Å². The third-order valence-corrected chi connectivity index (χ3v) is 5.86. The topological polar surface area (TPSA) is 112 Å². The van der Waals surface area contributed by atoms with Crippen LogP contribution in [0.2, 0.25) is 0 Å². The van der Waals surface area contributed by atoms with E-state index in [1.165, 1.54) is 0 Å². The number of H-pyrrole nitrogens is 2. The van der Waals surface area contributed by atoms with Crippen LogP contribution in [0, 0.1) is 5.92 Å². The van der Waals surface area contributed by atoms with Crippen molar-refractivity contribution in [3.8, 4) is 22.6 Å². The van der Waals surface area contributed by atoms with Crippen molar-refractivity contribution >= 4 is 33.5 Å². The Morgan fingerprint density at radius 2 is 1.97 bits per heavy atom. The van der Waals surface area contributed by atoms with E-state index in [0.29, 0.717) is 5.69 Å². The Morgan fingerprint density at radius 1 is 1.03 bits per heavy atom. The Balaban J connectivity index is 1.37. The zero-order valence-corrected chi connectivity index (χ0v) is 16.6. The van der Waals surface area contributed by atoms with E-state index in [1.807, 2.05) is 30.3 Å². The SMILES string of the molecule is O=C(Nc1cncc(-c2ccc3[nH]nc(-c4cc5ccncc5[nH]4)c3n2)c1)C1CCC1. The van der Waals surface area contributed by atoms with Crippen LogP contribution in [0.4, 0.5) is 5.69 Å². The van der Waals surface area contributed by atoms with Crippen molar-refractivity contribution in [1.82, 2.24) is 30.1 Å². The van der Waals surface area contributed by atoms with E-state index < -0.39 is 0 Å². The van der Waals surface area contributed by atoms with Crippen molar-refractivity contribution in [2.75, 3.05) is 5.32 Å². The average molecular weight is 409 g/mol. The Labute approximate surface area is 177 Å². The number of aromatic nitrogens is 6. The predicted octanol–water partition coefficient (Wildman–Crippen LogP) is 4.30. The van der Waals surface area contributed by atoms with Crippen molar-refractivity contribution in [2.24, 2.45) is 5.92 Å². The van der Waals surface area contributed by atoms with Crippen LogP contribution in [0.1, 0.15) is 19.3 Å². The van der Waals surface area contributed by atoms with E-state index in [0.717, 1.165) is 63.8 Å². The molecule has 0 atom stereocenters. The Morgan fingerprint density at radius 3 is 2.81 bits per heavy atom. The Bertz CT molecular complexity index is 1400. The van der Waals surface area contributed by atoms with Gasteiger partial charge in [0.2, 0.25) is 5.91 Å². The highest BCUT2D eigenvalue weighted by Crippen LogP contribution is 2.30. The van der Waals surface area contributed by atoms with Crippen LogP contribution in [0.15, 0.2) is 55.1 Å². The van der Waals surface area contributed by atoms with Gasteiger partial charge in [0.25, 0.3) is 0 Å². The lowest BCUT2D eigenvalue weighted by atomic mass is 9.85. The normalized spacial score (nSPS) is 14.1. The van der Waals surface area contributed by atoms with Crippen LogP contribution in [-0.2, 0) is 4.79 Å².